The van der Waals surface area contributed by atoms with Gasteiger partial charge in [-0.05, 0) is 0 Å². The lowest BCUT2D eigenvalue weighted by molar-refractivity contribution is -0.157. The molecule has 6 heteroatoms. The van der Waals surface area contributed by atoms with Crippen LogP contribution in [0.4, 0.5) is 13.2 Å². The quantitative estimate of drug-likeness (QED) is 0.770. The van der Waals surface area contributed by atoms with Crippen LogP contribution in [0.2, 0.25) is 0 Å². The predicted molar refractivity (Wildman–Crippen MR) is 56.9 cm³/mol. The largest absolute Gasteiger partial charge is 0.468 e. The first-order valence-electron chi connectivity index (χ1n) is 5.04. The molecule has 1 aromatic carbocycles. The highest BCUT2D eigenvalue weighted by Crippen LogP contribution is 2.33. The molecule has 0 saturated carbocycles. The summed E-state index contributed by atoms with van der Waals surface area (Å²) in [5.74, 6) is -2.39. The first-order chi connectivity index (χ1) is 8.39. The maximum atomic E-state index is 12.5. The molecule has 0 spiro atoms. The Hall–Kier alpha value is -2.11. The normalized spacial score (nSPS) is 11.6. The molecule has 18 heavy (non-hydrogen) atoms. The highest BCUT2D eigenvalue weighted by atomic mass is 19.4. The number of rotatable bonds is 2. The number of benzene rings is 1. The molecule has 1 heterocycles. The number of oxazole rings is 1. The summed E-state index contributed by atoms with van der Waals surface area (Å²) in [6.07, 6.45) is -4.71. The van der Waals surface area contributed by atoms with Gasteiger partial charge in [-0.25, -0.2) is 4.98 Å². The van der Waals surface area contributed by atoms with E-state index in [9.17, 15) is 18.0 Å². The van der Waals surface area contributed by atoms with Crippen molar-refractivity contribution in [2.75, 3.05) is 0 Å². The summed E-state index contributed by atoms with van der Waals surface area (Å²) in [6, 6.07) is 8.11. The Morgan fingerprint density at radius 2 is 1.83 bits per heavy atom. The third-order valence-corrected chi connectivity index (χ3v) is 2.24. The van der Waals surface area contributed by atoms with Crippen molar-refractivity contribution < 1.29 is 22.4 Å². The summed E-state index contributed by atoms with van der Waals surface area (Å²) in [5, 5.41) is 0. The van der Waals surface area contributed by atoms with E-state index in [0.29, 0.717) is 5.56 Å². The minimum absolute atomic E-state index is 0.0876. The van der Waals surface area contributed by atoms with Crippen LogP contribution in [0.1, 0.15) is 23.4 Å². The third kappa shape index (κ3) is 2.27. The first kappa shape index (κ1) is 12.3. The Morgan fingerprint density at radius 1 is 1.22 bits per heavy atom. The molecule has 0 aliphatic heterocycles. The van der Waals surface area contributed by atoms with E-state index in [-0.39, 0.29) is 11.5 Å². The van der Waals surface area contributed by atoms with Crippen molar-refractivity contribution in [3.05, 3.63) is 42.0 Å². The molecule has 94 valence electrons. The van der Waals surface area contributed by atoms with Crippen molar-refractivity contribution in [2.45, 2.75) is 13.1 Å². The molecule has 0 saturated heterocycles. The van der Waals surface area contributed by atoms with Crippen LogP contribution >= 0.6 is 0 Å². The van der Waals surface area contributed by atoms with Gasteiger partial charge in [-0.1, -0.05) is 30.3 Å². The average Bonchev–Trinajstić information content (AvgIpc) is 2.74. The lowest BCUT2D eigenvalue weighted by Crippen LogP contribution is -2.04. The van der Waals surface area contributed by atoms with Gasteiger partial charge in [0.1, 0.15) is 5.69 Å². The van der Waals surface area contributed by atoms with Gasteiger partial charge in [-0.3, -0.25) is 4.79 Å². The van der Waals surface area contributed by atoms with E-state index in [4.69, 9.17) is 0 Å². The van der Waals surface area contributed by atoms with Crippen molar-refractivity contribution in [3.8, 4) is 11.3 Å². The second kappa shape index (κ2) is 4.29. The summed E-state index contributed by atoms with van der Waals surface area (Å²) in [6.45, 7) is 1.13. The van der Waals surface area contributed by atoms with Crippen LogP contribution in [0.25, 0.3) is 11.3 Å². The van der Waals surface area contributed by atoms with Crippen LogP contribution in [0.15, 0.2) is 34.7 Å². The van der Waals surface area contributed by atoms with Crippen LogP contribution in [0, 0.1) is 0 Å². The number of alkyl halides is 3. The molecule has 0 radical (unpaired) electrons. The molecule has 2 aromatic rings. The Labute approximate surface area is 100 Å². The molecule has 0 aliphatic rings. The molecule has 0 amide bonds. The highest BCUT2D eigenvalue weighted by molar-refractivity contribution is 5.97. The molecule has 0 N–H and O–H groups in total. The van der Waals surface area contributed by atoms with Crippen LogP contribution < -0.4 is 0 Å². The van der Waals surface area contributed by atoms with Crippen LogP contribution in [-0.2, 0) is 6.18 Å². The van der Waals surface area contributed by atoms with E-state index >= 15 is 0 Å². The minimum atomic E-state index is -4.71. The Kier molecular flexibility index (Phi) is 2.94. The van der Waals surface area contributed by atoms with Gasteiger partial charge >= 0.3 is 12.1 Å². The van der Waals surface area contributed by atoms with Gasteiger partial charge in [0.05, 0.1) is 0 Å². The Morgan fingerprint density at radius 3 is 2.33 bits per heavy atom. The van der Waals surface area contributed by atoms with Gasteiger partial charge in [0.2, 0.25) is 0 Å². The van der Waals surface area contributed by atoms with E-state index in [0.717, 1.165) is 6.92 Å². The molecule has 0 fully saturated rings. The fourth-order valence-electron chi connectivity index (χ4n) is 1.47. The van der Waals surface area contributed by atoms with Gasteiger partial charge in [0.15, 0.2) is 11.5 Å². The van der Waals surface area contributed by atoms with Gasteiger partial charge in [-0.15, -0.1) is 0 Å². The van der Waals surface area contributed by atoms with E-state index in [2.05, 4.69) is 9.40 Å². The molecule has 1 aromatic heterocycles. The monoisotopic (exact) mass is 255 g/mol. The van der Waals surface area contributed by atoms with E-state index in [1.807, 2.05) is 0 Å². The highest BCUT2D eigenvalue weighted by Gasteiger charge is 2.39. The van der Waals surface area contributed by atoms with Crippen molar-refractivity contribution in [2.24, 2.45) is 0 Å². The number of halogens is 3. The summed E-state index contributed by atoms with van der Waals surface area (Å²) in [4.78, 5) is 14.6. The molecule has 3 nitrogen and oxygen atoms in total. The third-order valence-electron chi connectivity index (χ3n) is 2.24. The van der Waals surface area contributed by atoms with E-state index in [1.54, 1.807) is 30.3 Å². The number of aromatic nitrogens is 1. The molecular weight excluding hydrogens is 247 g/mol. The van der Waals surface area contributed by atoms with Crippen molar-refractivity contribution in [1.29, 1.82) is 0 Å². The van der Waals surface area contributed by atoms with Crippen LogP contribution in [0.3, 0.4) is 0 Å². The molecule has 2 rings (SSSR count). The van der Waals surface area contributed by atoms with Crippen molar-refractivity contribution >= 4 is 5.78 Å². The molecule has 0 unspecified atom stereocenters. The maximum Gasteiger partial charge on any atom is 0.468 e. The van der Waals surface area contributed by atoms with Gasteiger partial charge in [0, 0.05) is 12.5 Å². The first-order valence-corrected chi connectivity index (χ1v) is 5.04. The Balaban J connectivity index is 2.60. The van der Waals surface area contributed by atoms with Gasteiger partial charge in [-0.2, -0.15) is 13.2 Å². The van der Waals surface area contributed by atoms with Crippen LogP contribution in [0.5, 0.6) is 0 Å². The molecule has 0 aliphatic carbocycles. The zero-order valence-corrected chi connectivity index (χ0v) is 9.28. The summed E-state index contributed by atoms with van der Waals surface area (Å²) in [7, 11) is 0. The van der Waals surface area contributed by atoms with Gasteiger partial charge in [0.25, 0.3) is 0 Å². The average molecular weight is 255 g/mol. The summed E-state index contributed by atoms with van der Waals surface area (Å²) in [5.41, 5.74) is 0.317. The minimum Gasteiger partial charge on any atom is -0.429 e. The zero-order valence-electron chi connectivity index (χ0n) is 9.28. The van der Waals surface area contributed by atoms with E-state index in [1.165, 1.54) is 0 Å². The summed E-state index contributed by atoms with van der Waals surface area (Å²) < 4.78 is 42.0. The standard InChI is InChI=1S/C12H8F3NO2/c1-7(17)10-9(8-5-3-2-4-6-8)16-11(18-10)12(13,14)15/h2-6H,1H3. The molecule has 0 bridgehead atoms. The predicted octanol–water partition coefficient (Wildman–Crippen LogP) is 3.56. The maximum absolute atomic E-state index is 12.5. The number of hydrogen-bond acceptors (Lipinski definition) is 3. The second-order valence-electron chi connectivity index (χ2n) is 3.62. The summed E-state index contributed by atoms with van der Waals surface area (Å²) >= 11 is 0. The van der Waals surface area contributed by atoms with E-state index < -0.39 is 17.9 Å². The fraction of sp³-hybridized carbons (Fsp3) is 0.167. The number of carbonyl (C=O) groups excluding carboxylic acids is 1. The number of ketones is 1. The number of nitrogens with zero attached hydrogens (tertiary/aromatic N) is 1. The fourth-order valence-corrected chi connectivity index (χ4v) is 1.47. The van der Waals surface area contributed by atoms with Gasteiger partial charge < -0.3 is 4.42 Å². The Bertz CT molecular complexity index is 573. The SMILES string of the molecule is CC(=O)c1oc(C(F)(F)F)nc1-c1ccccc1. The molecule has 0 atom stereocenters. The number of carbonyl (C=O) groups is 1. The van der Waals surface area contributed by atoms with Crippen molar-refractivity contribution in [3.63, 3.8) is 0 Å². The smallest absolute Gasteiger partial charge is 0.429 e. The second-order valence-corrected chi connectivity index (χ2v) is 3.62. The molecular formula is C12H8F3NO2. The lowest BCUT2D eigenvalue weighted by atomic mass is 10.1. The number of Topliss-reactive ketones (excluding diaryl/α,β-unsaturated/α-hetero) is 1. The number of hydrogen-bond donors (Lipinski definition) is 0. The van der Waals surface area contributed by atoms with Crippen LogP contribution in [-0.4, -0.2) is 10.8 Å². The van der Waals surface area contributed by atoms with Crippen molar-refractivity contribution in [1.82, 2.24) is 4.98 Å². The lowest BCUT2D eigenvalue weighted by Gasteiger charge is -1.97. The zero-order chi connectivity index (χ0) is 13.3. The topological polar surface area (TPSA) is 43.1 Å².